The Hall–Kier alpha value is -1.14. The highest BCUT2D eigenvalue weighted by atomic mass is 79.9. The number of likely N-dealkylation sites (tertiary alicyclic amines) is 1. The zero-order valence-corrected chi connectivity index (χ0v) is 11.1. The standard InChI is InChI=1S/C11H13BrN4O/c1-8-2-10(14-17-8)5-15-6-11(7-15)16-4-9(12)3-13-16/h2-4,11H,5-7H2,1H3. The molecule has 1 saturated heterocycles. The van der Waals surface area contributed by atoms with E-state index in [2.05, 4.69) is 31.1 Å². The Morgan fingerprint density at radius 3 is 2.94 bits per heavy atom. The molecule has 1 aliphatic heterocycles. The molecule has 0 unspecified atom stereocenters. The molecule has 17 heavy (non-hydrogen) atoms. The zero-order valence-electron chi connectivity index (χ0n) is 9.51. The van der Waals surface area contributed by atoms with Crippen LogP contribution in [0.25, 0.3) is 0 Å². The molecule has 3 heterocycles. The van der Waals surface area contributed by atoms with Crippen LogP contribution in [0.1, 0.15) is 17.5 Å². The van der Waals surface area contributed by atoms with Gasteiger partial charge in [-0.25, -0.2) is 0 Å². The van der Waals surface area contributed by atoms with Crippen LogP contribution in [0.3, 0.4) is 0 Å². The average Bonchev–Trinajstić information content (AvgIpc) is 2.81. The van der Waals surface area contributed by atoms with E-state index < -0.39 is 0 Å². The van der Waals surface area contributed by atoms with E-state index in [4.69, 9.17) is 4.52 Å². The topological polar surface area (TPSA) is 47.1 Å². The van der Waals surface area contributed by atoms with Crippen molar-refractivity contribution in [2.24, 2.45) is 0 Å². The number of aromatic nitrogens is 3. The third-order valence-electron chi connectivity index (χ3n) is 2.94. The van der Waals surface area contributed by atoms with Gasteiger partial charge in [0.25, 0.3) is 0 Å². The van der Waals surface area contributed by atoms with Gasteiger partial charge < -0.3 is 4.52 Å². The van der Waals surface area contributed by atoms with Gasteiger partial charge >= 0.3 is 0 Å². The van der Waals surface area contributed by atoms with E-state index >= 15 is 0 Å². The Morgan fingerprint density at radius 2 is 2.35 bits per heavy atom. The van der Waals surface area contributed by atoms with E-state index in [1.165, 1.54) is 0 Å². The van der Waals surface area contributed by atoms with Gasteiger partial charge in [-0.1, -0.05) is 5.16 Å². The molecule has 0 amide bonds. The van der Waals surface area contributed by atoms with Crippen molar-refractivity contribution in [1.29, 1.82) is 0 Å². The van der Waals surface area contributed by atoms with Gasteiger partial charge in [0, 0.05) is 31.9 Å². The lowest BCUT2D eigenvalue weighted by Gasteiger charge is -2.38. The number of nitrogens with zero attached hydrogens (tertiary/aromatic N) is 4. The minimum absolute atomic E-state index is 0.481. The van der Waals surface area contributed by atoms with Crippen LogP contribution in [0, 0.1) is 6.92 Å². The molecule has 90 valence electrons. The molecule has 0 radical (unpaired) electrons. The maximum Gasteiger partial charge on any atom is 0.133 e. The molecule has 0 atom stereocenters. The highest BCUT2D eigenvalue weighted by Crippen LogP contribution is 2.23. The van der Waals surface area contributed by atoms with Crippen LogP contribution in [0.2, 0.25) is 0 Å². The fourth-order valence-electron chi connectivity index (χ4n) is 2.08. The molecule has 2 aromatic heterocycles. The second-order valence-corrected chi connectivity index (χ2v) is 5.33. The molecule has 0 saturated carbocycles. The third kappa shape index (κ3) is 2.28. The predicted octanol–water partition coefficient (Wildman–Crippen LogP) is 2.00. The Balaban J connectivity index is 1.55. The van der Waals surface area contributed by atoms with E-state index in [0.717, 1.165) is 35.6 Å². The zero-order chi connectivity index (χ0) is 11.8. The van der Waals surface area contributed by atoms with Crippen molar-refractivity contribution in [3.63, 3.8) is 0 Å². The van der Waals surface area contributed by atoms with Gasteiger partial charge in [-0.2, -0.15) is 5.10 Å². The fraction of sp³-hybridized carbons (Fsp3) is 0.455. The van der Waals surface area contributed by atoms with Gasteiger partial charge in [-0.15, -0.1) is 0 Å². The van der Waals surface area contributed by atoms with Crippen LogP contribution in [0.15, 0.2) is 27.5 Å². The van der Waals surface area contributed by atoms with Gasteiger partial charge in [0.05, 0.1) is 22.4 Å². The quantitative estimate of drug-likeness (QED) is 0.869. The van der Waals surface area contributed by atoms with Gasteiger partial charge in [0.15, 0.2) is 0 Å². The second kappa shape index (κ2) is 4.27. The maximum atomic E-state index is 5.05. The van der Waals surface area contributed by atoms with Gasteiger partial charge in [-0.3, -0.25) is 9.58 Å². The summed E-state index contributed by atoms with van der Waals surface area (Å²) in [6.07, 6.45) is 3.84. The largest absolute Gasteiger partial charge is 0.361 e. The van der Waals surface area contributed by atoms with Gasteiger partial charge in [0.2, 0.25) is 0 Å². The SMILES string of the molecule is Cc1cc(CN2CC(n3cc(Br)cn3)C2)no1. The summed E-state index contributed by atoms with van der Waals surface area (Å²) in [7, 11) is 0. The number of halogens is 1. The Kier molecular flexibility index (Phi) is 2.76. The lowest BCUT2D eigenvalue weighted by Crippen LogP contribution is -2.47. The molecule has 6 heteroatoms. The molecular weight excluding hydrogens is 284 g/mol. The summed E-state index contributed by atoms with van der Waals surface area (Å²) in [4.78, 5) is 2.33. The first-order chi connectivity index (χ1) is 8.20. The van der Waals surface area contributed by atoms with E-state index in [1.807, 2.05) is 30.1 Å². The van der Waals surface area contributed by atoms with Crippen LogP contribution in [-0.2, 0) is 6.54 Å². The van der Waals surface area contributed by atoms with Crippen molar-refractivity contribution < 1.29 is 4.52 Å². The summed E-state index contributed by atoms with van der Waals surface area (Å²) in [6.45, 7) is 4.80. The molecule has 3 rings (SSSR count). The maximum absolute atomic E-state index is 5.05. The Bertz CT molecular complexity index is 515. The summed E-state index contributed by atoms with van der Waals surface area (Å²) >= 11 is 3.41. The van der Waals surface area contributed by atoms with Crippen molar-refractivity contribution in [2.45, 2.75) is 19.5 Å². The summed E-state index contributed by atoms with van der Waals surface area (Å²) in [5.74, 6) is 0.869. The number of aryl methyl sites for hydroxylation is 1. The summed E-state index contributed by atoms with van der Waals surface area (Å²) in [6, 6.07) is 2.46. The van der Waals surface area contributed by atoms with Crippen LogP contribution >= 0.6 is 15.9 Å². The lowest BCUT2D eigenvalue weighted by atomic mass is 10.1. The molecule has 5 nitrogen and oxygen atoms in total. The highest BCUT2D eigenvalue weighted by Gasteiger charge is 2.29. The number of hydrogen-bond donors (Lipinski definition) is 0. The molecule has 0 aromatic carbocycles. The molecule has 1 aliphatic rings. The predicted molar refractivity (Wildman–Crippen MR) is 65.5 cm³/mol. The molecule has 0 N–H and O–H groups in total. The normalized spacial score (nSPS) is 17.3. The van der Waals surface area contributed by atoms with Crippen molar-refractivity contribution >= 4 is 15.9 Å². The van der Waals surface area contributed by atoms with Gasteiger partial charge in [0.1, 0.15) is 5.76 Å². The smallest absolute Gasteiger partial charge is 0.133 e. The van der Waals surface area contributed by atoms with E-state index in [1.54, 1.807) is 0 Å². The first kappa shape index (κ1) is 11.0. The highest BCUT2D eigenvalue weighted by molar-refractivity contribution is 9.10. The molecule has 0 aliphatic carbocycles. The van der Waals surface area contributed by atoms with E-state index in [0.29, 0.717) is 6.04 Å². The summed E-state index contributed by atoms with van der Waals surface area (Å²) in [5, 5.41) is 8.29. The molecule has 0 bridgehead atoms. The Labute approximate surface area is 108 Å². The van der Waals surface area contributed by atoms with Crippen LogP contribution < -0.4 is 0 Å². The van der Waals surface area contributed by atoms with Crippen LogP contribution in [-0.4, -0.2) is 32.9 Å². The number of hydrogen-bond acceptors (Lipinski definition) is 4. The summed E-state index contributed by atoms with van der Waals surface area (Å²) in [5.41, 5.74) is 1.00. The van der Waals surface area contributed by atoms with Crippen LogP contribution in [0.4, 0.5) is 0 Å². The van der Waals surface area contributed by atoms with Crippen molar-refractivity contribution in [3.05, 3.63) is 34.4 Å². The van der Waals surface area contributed by atoms with Crippen molar-refractivity contribution in [3.8, 4) is 0 Å². The Morgan fingerprint density at radius 1 is 1.53 bits per heavy atom. The molecule has 0 spiro atoms. The minimum Gasteiger partial charge on any atom is -0.361 e. The monoisotopic (exact) mass is 296 g/mol. The molecule has 1 fully saturated rings. The van der Waals surface area contributed by atoms with Crippen molar-refractivity contribution in [2.75, 3.05) is 13.1 Å². The minimum atomic E-state index is 0.481. The molecular formula is C11H13BrN4O. The van der Waals surface area contributed by atoms with E-state index in [-0.39, 0.29) is 0 Å². The van der Waals surface area contributed by atoms with Crippen molar-refractivity contribution in [1.82, 2.24) is 19.8 Å². The second-order valence-electron chi connectivity index (χ2n) is 4.42. The first-order valence-electron chi connectivity index (χ1n) is 5.55. The third-order valence-corrected chi connectivity index (χ3v) is 3.35. The first-order valence-corrected chi connectivity index (χ1v) is 6.34. The lowest BCUT2D eigenvalue weighted by molar-refractivity contribution is 0.0883. The van der Waals surface area contributed by atoms with Crippen LogP contribution in [0.5, 0.6) is 0 Å². The summed E-state index contributed by atoms with van der Waals surface area (Å²) < 4.78 is 8.09. The number of rotatable bonds is 3. The molecule has 2 aromatic rings. The van der Waals surface area contributed by atoms with Gasteiger partial charge in [-0.05, 0) is 22.9 Å². The fourth-order valence-corrected chi connectivity index (χ4v) is 2.38. The van der Waals surface area contributed by atoms with E-state index in [9.17, 15) is 0 Å². The average molecular weight is 297 g/mol.